The minimum atomic E-state index is -0.583. The van der Waals surface area contributed by atoms with E-state index in [9.17, 15) is 9.59 Å². The molecular weight excluding hydrogens is 282 g/mol. The Bertz CT molecular complexity index is 389. The van der Waals surface area contributed by atoms with E-state index in [0.717, 1.165) is 4.38 Å². The van der Waals surface area contributed by atoms with Crippen LogP contribution < -0.4 is 0 Å². The normalized spacial score (nSPS) is 12.0. The van der Waals surface area contributed by atoms with Crippen LogP contribution in [0.4, 0.5) is 0 Å². The highest BCUT2D eigenvalue weighted by Crippen LogP contribution is 2.17. The number of carbonyl (C=O) groups excluding carboxylic acids is 2. The van der Waals surface area contributed by atoms with Gasteiger partial charge in [-0.05, 0) is 46.3 Å². The Kier molecular flexibility index (Phi) is 8.09. The van der Waals surface area contributed by atoms with E-state index in [1.165, 1.54) is 36.5 Å². The third-order valence-electron chi connectivity index (χ3n) is 1.75. The average Bonchev–Trinajstić information content (AvgIpc) is 2.26. The molecule has 0 heterocycles. The highest BCUT2D eigenvalue weighted by Gasteiger charge is 2.20. The molecule has 4 nitrogen and oxygen atoms in total. The van der Waals surface area contributed by atoms with Gasteiger partial charge in [-0.15, -0.1) is 23.5 Å². The number of esters is 1. The van der Waals surface area contributed by atoms with E-state index in [4.69, 9.17) is 4.74 Å². The first-order valence-corrected chi connectivity index (χ1v) is 8.24. The number of ketones is 1. The van der Waals surface area contributed by atoms with E-state index in [2.05, 4.69) is 4.99 Å². The number of thioether (sulfide) groups is 2. The molecule has 0 atom stereocenters. The molecule has 0 aliphatic heterocycles. The molecule has 19 heavy (non-hydrogen) atoms. The molecular formula is C13H21NO3S2. The summed E-state index contributed by atoms with van der Waals surface area (Å²) in [5, 5.41) is 0. The zero-order valence-corrected chi connectivity index (χ0v) is 13.9. The van der Waals surface area contributed by atoms with Gasteiger partial charge >= 0.3 is 5.97 Å². The van der Waals surface area contributed by atoms with Gasteiger partial charge in [-0.1, -0.05) is 0 Å². The lowest BCUT2D eigenvalue weighted by Crippen LogP contribution is -2.24. The smallest absolute Gasteiger partial charge is 0.357 e. The molecule has 6 heteroatoms. The van der Waals surface area contributed by atoms with Gasteiger partial charge in [0.1, 0.15) is 21.5 Å². The topological polar surface area (TPSA) is 55.7 Å². The van der Waals surface area contributed by atoms with Crippen LogP contribution in [0.15, 0.2) is 16.8 Å². The van der Waals surface area contributed by atoms with Crippen LogP contribution in [0, 0.1) is 0 Å². The molecule has 0 unspecified atom stereocenters. The van der Waals surface area contributed by atoms with Gasteiger partial charge in [0.05, 0.1) is 0 Å². The molecule has 0 saturated heterocycles. The molecule has 0 amide bonds. The van der Waals surface area contributed by atoms with Crippen molar-refractivity contribution in [2.45, 2.75) is 39.7 Å². The Morgan fingerprint density at radius 3 is 2.11 bits per heavy atom. The summed E-state index contributed by atoms with van der Waals surface area (Å²) in [6, 6.07) is 0. The molecule has 0 aromatic rings. The Balaban J connectivity index is 5.17. The summed E-state index contributed by atoms with van der Waals surface area (Å²) in [7, 11) is 0. The Labute approximate surface area is 123 Å². The standard InChI is InChI=1S/C13H21NO3S2/c1-9(15)7-8-10(14-12(18-5)19-6)11(16)17-13(2,3)4/h8H,7H2,1-6H3/b10-8-. The summed E-state index contributed by atoms with van der Waals surface area (Å²) in [5.41, 5.74) is -0.398. The van der Waals surface area contributed by atoms with Crippen LogP contribution in [0.5, 0.6) is 0 Å². The molecule has 0 fully saturated rings. The molecule has 0 aliphatic carbocycles. The van der Waals surface area contributed by atoms with Crippen molar-refractivity contribution in [1.29, 1.82) is 0 Å². The first-order valence-electron chi connectivity index (χ1n) is 5.79. The molecule has 0 spiro atoms. The highest BCUT2D eigenvalue weighted by atomic mass is 32.2. The second-order valence-electron chi connectivity index (χ2n) is 4.78. The Hall–Kier alpha value is -0.750. The fourth-order valence-corrected chi connectivity index (χ4v) is 2.06. The number of hydrogen-bond donors (Lipinski definition) is 0. The number of rotatable bonds is 4. The van der Waals surface area contributed by atoms with Gasteiger partial charge in [-0.3, -0.25) is 4.79 Å². The van der Waals surface area contributed by atoms with Gasteiger partial charge in [0.15, 0.2) is 0 Å². The summed E-state index contributed by atoms with van der Waals surface area (Å²) in [4.78, 5) is 27.3. The van der Waals surface area contributed by atoms with Crippen LogP contribution in [0.2, 0.25) is 0 Å². The second-order valence-corrected chi connectivity index (χ2v) is 6.63. The predicted molar refractivity (Wildman–Crippen MR) is 83.7 cm³/mol. The van der Waals surface area contributed by atoms with Crippen molar-refractivity contribution >= 4 is 39.7 Å². The lowest BCUT2D eigenvalue weighted by atomic mass is 10.2. The van der Waals surface area contributed by atoms with Crippen molar-refractivity contribution in [3.8, 4) is 0 Å². The summed E-state index contributed by atoms with van der Waals surface area (Å²) in [5.74, 6) is -0.527. The summed E-state index contributed by atoms with van der Waals surface area (Å²) >= 11 is 2.89. The van der Waals surface area contributed by atoms with E-state index in [0.29, 0.717) is 0 Å². The predicted octanol–water partition coefficient (Wildman–Crippen LogP) is 3.27. The molecule has 0 aromatic carbocycles. The molecule has 0 rings (SSSR count). The van der Waals surface area contributed by atoms with E-state index in [1.807, 2.05) is 12.5 Å². The van der Waals surface area contributed by atoms with Crippen molar-refractivity contribution in [2.75, 3.05) is 12.5 Å². The van der Waals surface area contributed by atoms with Gasteiger partial charge in [0, 0.05) is 6.42 Å². The van der Waals surface area contributed by atoms with Crippen molar-refractivity contribution in [1.82, 2.24) is 0 Å². The van der Waals surface area contributed by atoms with Gasteiger partial charge in [0.25, 0.3) is 0 Å². The number of allylic oxidation sites excluding steroid dienone is 1. The van der Waals surface area contributed by atoms with E-state index < -0.39 is 11.6 Å². The summed E-state index contributed by atoms with van der Waals surface area (Å²) < 4.78 is 6.03. The third kappa shape index (κ3) is 8.88. The number of nitrogens with zero attached hydrogens (tertiary/aromatic N) is 1. The minimum absolute atomic E-state index is 0.0221. The van der Waals surface area contributed by atoms with E-state index in [1.54, 1.807) is 20.8 Å². The first-order chi connectivity index (χ1) is 8.69. The molecule has 0 bridgehead atoms. The van der Waals surface area contributed by atoms with Crippen LogP contribution in [0.25, 0.3) is 0 Å². The lowest BCUT2D eigenvalue weighted by Gasteiger charge is -2.19. The number of ether oxygens (including phenoxy) is 1. The molecule has 0 aromatic heterocycles. The Morgan fingerprint density at radius 1 is 1.21 bits per heavy atom. The fourth-order valence-electron chi connectivity index (χ4n) is 1.02. The SMILES string of the molecule is CSC(=N/C(=C\CC(C)=O)C(=O)OC(C)(C)C)SC. The van der Waals surface area contributed by atoms with Crippen LogP contribution in [0.1, 0.15) is 34.1 Å². The van der Waals surface area contributed by atoms with Gasteiger partial charge in [-0.25, -0.2) is 9.79 Å². The second kappa shape index (κ2) is 8.43. The zero-order chi connectivity index (χ0) is 15.1. The molecule has 0 N–H and O–H groups in total. The monoisotopic (exact) mass is 303 g/mol. The number of carbonyl (C=O) groups is 2. The number of aliphatic imine (C=N–C) groups is 1. The highest BCUT2D eigenvalue weighted by molar-refractivity contribution is 8.38. The van der Waals surface area contributed by atoms with Crippen LogP contribution in [-0.2, 0) is 14.3 Å². The molecule has 0 radical (unpaired) electrons. The van der Waals surface area contributed by atoms with Crippen LogP contribution in [-0.4, -0.2) is 34.2 Å². The lowest BCUT2D eigenvalue weighted by molar-refractivity contribution is -0.149. The third-order valence-corrected chi connectivity index (χ3v) is 3.63. The van der Waals surface area contributed by atoms with E-state index >= 15 is 0 Å². The number of hydrogen-bond acceptors (Lipinski definition) is 6. The molecule has 0 aliphatic rings. The average molecular weight is 303 g/mol. The van der Waals surface area contributed by atoms with Crippen molar-refractivity contribution in [2.24, 2.45) is 4.99 Å². The number of Topliss-reactive ketones (excluding diaryl/α,β-unsaturated/α-hetero) is 1. The largest absolute Gasteiger partial charge is 0.455 e. The van der Waals surface area contributed by atoms with Gasteiger partial charge < -0.3 is 4.74 Å². The maximum atomic E-state index is 12.0. The van der Waals surface area contributed by atoms with Crippen molar-refractivity contribution in [3.05, 3.63) is 11.8 Å². The summed E-state index contributed by atoms with van der Waals surface area (Å²) in [6.07, 6.45) is 5.46. The van der Waals surface area contributed by atoms with Gasteiger partial charge in [-0.2, -0.15) is 0 Å². The minimum Gasteiger partial charge on any atom is -0.455 e. The van der Waals surface area contributed by atoms with E-state index in [-0.39, 0.29) is 17.9 Å². The molecule has 108 valence electrons. The quantitative estimate of drug-likeness (QED) is 0.345. The van der Waals surface area contributed by atoms with Crippen LogP contribution in [0.3, 0.4) is 0 Å². The van der Waals surface area contributed by atoms with Gasteiger partial charge in [0.2, 0.25) is 0 Å². The van der Waals surface area contributed by atoms with Crippen LogP contribution >= 0.6 is 23.5 Å². The first kappa shape index (κ1) is 18.2. The maximum absolute atomic E-state index is 12.0. The maximum Gasteiger partial charge on any atom is 0.357 e. The molecule has 0 saturated carbocycles. The summed E-state index contributed by atoms with van der Waals surface area (Å²) in [6.45, 7) is 6.85. The zero-order valence-electron chi connectivity index (χ0n) is 12.3. The Morgan fingerprint density at radius 2 is 1.74 bits per heavy atom. The van der Waals surface area contributed by atoms with Crippen molar-refractivity contribution < 1.29 is 14.3 Å². The fraction of sp³-hybridized carbons (Fsp3) is 0.615. The van der Waals surface area contributed by atoms with Crippen molar-refractivity contribution in [3.63, 3.8) is 0 Å².